The minimum atomic E-state index is -0.635. The van der Waals surface area contributed by atoms with Crippen molar-refractivity contribution < 1.29 is 9.84 Å². The molecule has 3 nitrogen and oxygen atoms in total. The van der Waals surface area contributed by atoms with Crippen molar-refractivity contribution in [1.29, 1.82) is 0 Å². The van der Waals surface area contributed by atoms with Crippen molar-refractivity contribution in [2.45, 2.75) is 52.0 Å². The maximum absolute atomic E-state index is 8.95. The molecule has 68 valence electrons. The van der Waals surface area contributed by atoms with Crippen LogP contribution in [0.25, 0.3) is 0 Å². The molecule has 3 N–H and O–H groups in total. The molecule has 0 spiro atoms. The van der Waals surface area contributed by atoms with Gasteiger partial charge in [-0.25, -0.2) is 0 Å². The SMILES string of the molecule is CC.CC1C[C@H](N)C[C@H](O)O1. The third-order valence-electron chi connectivity index (χ3n) is 1.53. The molecule has 0 saturated carbocycles. The van der Waals surface area contributed by atoms with Crippen LogP contribution in [0.3, 0.4) is 0 Å². The van der Waals surface area contributed by atoms with Gasteiger partial charge in [0, 0.05) is 12.5 Å². The smallest absolute Gasteiger partial charge is 0.156 e. The van der Waals surface area contributed by atoms with Gasteiger partial charge in [0.15, 0.2) is 6.29 Å². The number of nitrogens with two attached hydrogens (primary N) is 1. The number of ether oxygens (including phenoxy) is 1. The Labute approximate surface area is 68.5 Å². The zero-order valence-electron chi connectivity index (χ0n) is 7.58. The minimum Gasteiger partial charge on any atom is -0.368 e. The molecule has 0 aliphatic carbocycles. The van der Waals surface area contributed by atoms with Crippen molar-refractivity contribution in [2.24, 2.45) is 5.73 Å². The molecular formula is C8H19NO2. The van der Waals surface area contributed by atoms with Crippen LogP contribution in [0.2, 0.25) is 0 Å². The monoisotopic (exact) mass is 161 g/mol. The molecule has 1 heterocycles. The predicted octanol–water partition coefficient (Wildman–Crippen LogP) is 0.857. The number of aliphatic hydroxyl groups is 1. The Kier molecular flexibility index (Phi) is 5.46. The van der Waals surface area contributed by atoms with Crippen LogP contribution in [0.5, 0.6) is 0 Å². The number of aliphatic hydroxyl groups excluding tert-OH is 1. The van der Waals surface area contributed by atoms with E-state index in [1.165, 1.54) is 0 Å². The highest BCUT2D eigenvalue weighted by molar-refractivity contribution is 4.72. The van der Waals surface area contributed by atoms with Crippen LogP contribution in [0, 0.1) is 0 Å². The van der Waals surface area contributed by atoms with Gasteiger partial charge >= 0.3 is 0 Å². The molecule has 1 fully saturated rings. The first kappa shape index (κ1) is 10.9. The van der Waals surface area contributed by atoms with Gasteiger partial charge in [0.05, 0.1) is 6.10 Å². The van der Waals surface area contributed by atoms with Crippen molar-refractivity contribution in [3.63, 3.8) is 0 Å². The zero-order valence-corrected chi connectivity index (χ0v) is 7.58. The van der Waals surface area contributed by atoms with E-state index in [-0.39, 0.29) is 12.1 Å². The molecule has 1 saturated heterocycles. The van der Waals surface area contributed by atoms with Gasteiger partial charge in [0.2, 0.25) is 0 Å². The third-order valence-corrected chi connectivity index (χ3v) is 1.53. The molecule has 0 aromatic carbocycles. The molecule has 1 aliphatic heterocycles. The summed E-state index contributed by atoms with van der Waals surface area (Å²) < 4.78 is 5.03. The molecule has 0 aromatic rings. The van der Waals surface area contributed by atoms with Crippen molar-refractivity contribution in [3.8, 4) is 0 Å². The fourth-order valence-corrected chi connectivity index (χ4v) is 1.16. The molecule has 3 atom stereocenters. The van der Waals surface area contributed by atoms with Crippen molar-refractivity contribution in [3.05, 3.63) is 0 Å². The normalized spacial score (nSPS) is 37.4. The van der Waals surface area contributed by atoms with Crippen LogP contribution in [0.1, 0.15) is 33.6 Å². The molecule has 0 amide bonds. The van der Waals surface area contributed by atoms with Gasteiger partial charge in [-0.3, -0.25) is 0 Å². The minimum absolute atomic E-state index is 0.115. The number of hydrogen-bond donors (Lipinski definition) is 2. The molecule has 1 aliphatic rings. The van der Waals surface area contributed by atoms with Gasteiger partial charge < -0.3 is 15.6 Å². The Bertz CT molecular complexity index is 73.1. The topological polar surface area (TPSA) is 55.5 Å². The lowest BCUT2D eigenvalue weighted by molar-refractivity contribution is -0.161. The van der Waals surface area contributed by atoms with Crippen LogP contribution in [0.4, 0.5) is 0 Å². The van der Waals surface area contributed by atoms with Crippen LogP contribution < -0.4 is 5.73 Å². The quantitative estimate of drug-likeness (QED) is 0.554. The summed E-state index contributed by atoms with van der Waals surface area (Å²) in [4.78, 5) is 0. The van der Waals surface area contributed by atoms with E-state index in [9.17, 15) is 0 Å². The molecular weight excluding hydrogens is 142 g/mol. The third kappa shape index (κ3) is 4.35. The van der Waals surface area contributed by atoms with Gasteiger partial charge in [-0.1, -0.05) is 13.8 Å². The van der Waals surface area contributed by atoms with E-state index in [2.05, 4.69) is 0 Å². The lowest BCUT2D eigenvalue weighted by atomic mass is 10.0. The predicted molar refractivity (Wildman–Crippen MR) is 45.1 cm³/mol. The molecule has 0 bridgehead atoms. The average molecular weight is 161 g/mol. The second-order valence-electron chi connectivity index (χ2n) is 2.63. The first-order valence-electron chi connectivity index (χ1n) is 4.27. The van der Waals surface area contributed by atoms with E-state index >= 15 is 0 Å². The Morgan fingerprint density at radius 1 is 1.36 bits per heavy atom. The second kappa shape index (κ2) is 5.52. The van der Waals surface area contributed by atoms with Gasteiger partial charge in [-0.15, -0.1) is 0 Å². The summed E-state index contributed by atoms with van der Waals surface area (Å²) in [6, 6.07) is 0.115. The van der Waals surface area contributed by atoms with E-state index in [1.807, 2.05) is 20.8 Å². The fraction of sp³-hybridized carbons (Fsp3) is 1.00. The number of hydrogen-bond acceptors (Lipinski definition) is 3. The Morgan fingerprint density at radius 3 is 2.27 bits per heavy atom. The van der Waals surface area contributed by atoms with Crippen molar-refractivity contribution >= 4 is 0 Å². The average Bonchev–Trinajstić information content (AvgIpc) is 1.88. The summed E-state index contributed by atoms with van der Waals surface area (Å²) in [5.74, 6) is 0. The van der Waals surface area contributed by atoms with Crippen molar-refractivity contribution in [2.75, 3.05) is 0 Å². The standard InChI is InChI=1S/C6H13NO2.C2H6/c1-4-2-5(7)3-6(8)9-4;1-2/h4-6,8H,2-3,7H2,1H3;1-2H3/t4?,5-,6+;/m0./s1. The number of rotatable bonds is 0. The van der Waals surface area contributed by atoms with E-state index < -0.39 is 6.29 Å². The van der Waals surface area contributed by atoms with Crippen LogP contribution in [-0.4, -0.2) is 23.5 Å². The Morgan fingerprint density at radius 2 is 1.91 bits per heavy atom. The maximum Gasteiger partial charge on any atom is 0.156 e. The van der Waals surface area contributed by atoms with Crippen LogP contribution in [-0.2, 0) is 4.74 Å². The molecule has 1 rings (SSSR count). The maximum atomic E-state index is 8.95. The molecule has 0 aromatic heterocycles. The molecule has 0 radical (unpaired) electrons. The van der Waals surface area contributed by atoms with Crippen molar-refractivity contribution in [1.82, 2.24) is 0 Å². The summed E-state index contributed by atoms with van der Waals surface area (Å²) in [6.07, 6.45) is 0.911. The summed E-state index contributed by atoms with van der Waals surface area (Å²) in [5.41, 5.74) is 5.58. The lowest BCUT2D eigenvalue weighted by Crippen LogP contribution is -2.38. The van der Waals surface area contributed by atoms with Gasteiger partial charge in [-0.05, 0) is 13.3 Å². The second-order valence-corrected chi connectivity index (χ2v) is 2.63. The van der Waals surface area contributed by atoms with E-state index in [1.54, 1.807) is 0 Å². The summed E-state index contributed by atoms with van der Waals surface area (Å²) in [6.45, 7) is 5.92. The van der Waals surface area contributed by atoms with Gasteiger partial charge in [0.1, 0.15) is 0 Å². The fourth-order valence-electron chi connectivity index (χ4n) is 1.16. The molecule has 3 heteroatoms. The first-order valence-corrected chi connectivity index (χ1v) is 4.27. The van der Waals surface area contributed by atoms with Crippen LogP contribution >= 0.6 is 0 Å². The summed E-state index contributed by atoms with van der Waals surface area (Å²) in [7, 11) is 0. The van der Waals surface area contributed by atoms with Crippen LogP contribution in [0.15, 0.2) is 0 Å². The van der Waals surface area contributed by atoms with Gasteiger partial charge in [-0.2, -0.15) is 0 Å². The van der Waals surface area contributed by atoms with E-state index in [4.69, 9.17) is 15.6 Å². The Hall–Kier alpha value is -0.120. The molecule has 1 unspecified atom stereocenters. The highest BCUT2D eigenvalue weighted by Gasteiger charge is 2.22. The lowest BCUT2D eigenvalue weighted by Gasteiger charge is -2.28. The van der Waals surface area contributed by atoms with E-state index in [0.29, 0.717) is 6.42 Å². The van der Waals surface area contributed by atoms with Gasteiger partial charge in [0.25, 0.3) is 0 Å². The zero-order chi connectivity index (χ0) is 8.85. The first-order chi connectivity index (χ1) is 5.18. The largest absolute Gasteiger partial charge is 0.368 e. The summed E-state index contributed by atoms with van der Waals surface area (Å²) in [5, 5.41) is 8.95. The highest BCUT2D eigenvalue weighted by Crippen LogP contribution is 2.15. The Balaban J connectivity index is 0.000000461. The molecule has 11 heavy (non-hydrogen) atoms. The highest BCUT2D eigenvalue weighted by atomic mass is 16.6. The summed E-state index contributed by atoms with van der Waals surface area (Å²) >= 11 is 0. The van der Waals surface area contributed by atoms with E-state index in [0.717, 1.165) is 6.42 Å².